The molecule has 0 aliphatic carbocycles. The maximum absolute atomic E-state index is 5.24. The molecule has 0 aromatic rings. The number of nitrogens with zero attached hydrogens (tertiary/aromatic N) is 1. The van der Waals surface area contributed by atoms with Crippen LogP contribution >= 0.6 is 0 Å². The molecule has 0 aliphatic rings. The fraction of sp³-hybridized carbons (Fsp3) is 1.00. The van der Waals surface area contributed by atoms with Gasteiger partial charge in [0.1, 0.15) is 6.23 Å². The van der Waals surface area contributed by atoms with Gasteiger partial charge in [0, 0.05) is 14.2 Å². The number of rotatable bonds is 6. The minimum absolute atomic E-state index is 0.106. The van der Waals surface area contributed by atoms with Gasteiger partial charge in [-0.15, -0.1) is 0 Å². The highest BCUT2D eigenvalue weighted by atomic mass is 16.5. The molecule has 68 valence electrons. The Labute approximate surface area is 69.3 Å². The Morgan fingerprint density at radius 3 is 2.00 bits per heavy atom. The van der Waals surface area contributed by atoms with Crippen LogP contribution in [0.4, 0.5) is 0 Å². The highest BCUT2D eigenvalue weighted by molar-refractivity contribution is 4.57. The maximum atomic E-state index is 5.24. The van der Waals surface area contributed by atoms with Crippen molar-refractivity contribution in [2.24, 2.45) is 0 Å². The summed E-state index contributed by atoms with van der Waals surface area (Å²) in [6, 6.07) is 0. The second-order valence-corrected chi connectivity index (χ2v) is 2.37. The average molecular weight is 161 g/mol. The van der Waals surface area contributed by atoms with Crippen molar-refractivity contribution in [2.75, 3.05) is 33.9 Å². The van der Waals surface area contributed by atoms with Crippen molar-refractivity contribution < 1.29 is 9.47 Å². The summed E-state index contributed by atoms with van der Waals surface area (Å²) in [7, 11) is 3.40. The van der Waals surface area contributed by atoms with Gasteiger partial charge in [0.15, 0.2) is 0 Å². The molecule has 0 radical (unpaired) electrons. The highest BCUT2D eigenvalue weighted by Gasteiger charge is 2.13. The van der Waals surface area contributed by atoms with E-state index in [-0.39, 0.29) is 6.23 Å². The quantitative estimate of drug-likeness (QED) is 0.541. The van der Waals surface area contributed by atoms with Crippen molar-refractivity contribution in [3.05, 3.63) is 0 Å². The van der Waals surface area contributed by atoms with Crippen LogP contribution in [0.3, 0.4) is 0 Å². The first kappa shape index (κ1) is 10.9. The van der Waals surface area contributed by atoms with Crippen molar-refractivity contribution in [2.45, 2.75) is 20.1 Å². The molecule has 3 nitrogen and oxygen atoms in total. The third-order valence-electron chi connectivity index (χ3n) is 1.80. The molecule has 1 atom stereocenters. The Morgan fingerprint density at radius 1 is 1.18 bits per heavy atom. The molecule has 0 saturated heterocycles. The van der Waals surface area contributed by atoms with E-state index in [0.717, 1.165) is 13.1 Å². The normalized spacial score (nSPS) is 13.9. The molecule has 11 heavy (non-hydrogen) atoms. The molecule has 0 rings (SSSR count). The summed E-state index contributed by atoms with van der Waals surface area (Å²) in [5.74, 6) is 0. The van der Waals surface area contributed by atoms with E-state index in [1.54, 1.807) is 14.2 Å². The van der Waals surface area contributed by atoms with Gasteiger partial charge >= 0.3 is 0 Å². The lowest BCUT2D eigenvalue weighted by molar-refractivity contribution is -0.0696. The van der Waals surface area contributed by atoms with Gasteiger partial charge in [-0.3, -0.25) is 4.90 Å². The first-order valence-corrected chi connectivity index (χ1v) is 4.05. The summed E-state index contributed by atoms with van der Waals surface area (Å²) < 4.78 is 10.2. The molecule has 0 heterocycles. The molecule has 0 aromatic heterocycles. The Kier molecular flexibility index (Phi) is 6.51. The van der Waals surface area contributed by atoms with Crippen LogP contribution in [0.2, 0.25) is 0 Å². The molecule has 0 fully saturated rings. The van der Waals surface area contributed by atoms with Gasteiger partial charge in [-0.25, -0.2) is 0 Å². The molecule has 0 aliphatic heterocycles. The van der Waals surface area contributed by atoms with Crippen LogP contribution < -0.4 is 0 Å². The zero-order chi connectivity index (χ0) is 8.69. The summed E-state index contributed by atoms with van der Waals surface area (Å²) in [6.45, 7) is 6.87. The lowest BCUT2D eigenvalue weighted by Gasteiger charge is -2.27. The van der Waals surface area contributed by atoms with Crippen molar-refractivity contribution in [1.29, 1.82) is 0 Å². The molecule has 0 bridgehead atoms. The zero-order valence-corrected chi connectivity index (χ0v) is 7.96. The van der Waals surface area contributed by atoms with Gasteiger partial charge in [0.05, 0.1) is 6.61 Å². The number of methoxy groups -OCH3 is 2. The molecular weight excluding hydrogens is 142 g/mol. The van der Waals surface area contributed by atoms with Gasteiger partial charge in [-0.2, -0.15) is 0 Å². The Morgan fingerprint density at radius 2 is 1.73 bits per heavy atom. The van der Waals surface area contributed by atoms with Gasteiger partial charge in [-0.1, -0.05) is 13.8 Å². The van der Waals surface area contributed by atoms with E-state index in [9.17, 15) is 0 Å². The summed E-state index contributed by atoms with van der Waals surface area (Å²) >= 11 is 0. The minimum atomic E-state index is 0.106. The third kappa shape index (κ3) is 3.70. The second kappa shape index (κ2) is 6.58. The van der Waals surface area contributed by atoms with Crippen LogP contribution in [-0.4, -0.2) is 45.0 Å². The van der Waals surface area contributed by atoms with E-state index >= 15 is 0 Å². The first-order chi connectivity index (χ1) is 5.29. The van der Waals surface area contributed by atoms with E-state index in [1.807, 2.05) is 0 Å². The van der Waals surface area contributed by atoms with E-state index in [1.165, 1.54) is 0 Å². The number of hydrogen-bond donors (Lipinski definition) is 0. The van der Waals surface area contributed by atoms with E-state index < -0.39 is 0 Å². The second-order valence-electron chi connectivity index (χ2n) is 2.37. The monoisotopic (exact) mass is 161 g/mol. The van der Waals surface area contributed by atoms with Crippen molar-refractivity contribution in [1.82, 2.24) is 4.90 Å². The lowest BCUT2D eigenvalue weighted by atomic mass is 10.4. The summed E-state index contributed by atoms with van der Waals surface area (Å²) in [4.78, 5) is 2.21. The fourth-order valence-corrected chi connectivity index (χ4v) is 1.10. The predicted octanol–water partition coefficient (Wildman–Crippen LogP) is 0.947. The standard InChI is InChI=1S/C8H19NO2/c1-5-9(6-2)8(11-4)7-10-3/h8H,5-7H2,1-4H3. The van der Waals surface area contributed by atoms with Crippen LogP contribution in [-0.2, 0) is 9.47 Å². The molecule has 1 unspecified atom stereocenters. The largest absolute Gasteiger partial charge is 0.381 e. The summed E-state index contributed by atoms with van der Waals surface area (Å²) in [6.07, 6.45) is 0.106. The van der Waals surface area contributed by atoms with E-state index in [2.05, 4.69) is 18.7 Å². The predicted molar refractivity (Wildman–Crippen MR) is 45.6 cm³/mol. The van der Waals surface area contributed by atoms with Crippen molar-refractivity contribution in [3.63, 3.8) is 0 Å². The number of hydrogen-bond acceptors (Lipinski definition) is 3. The maximum Gasteiger partial charge on any atom is 0.133 e. The van der Waals surface area contributed by atoms with Gasteiger partial charge in [-0.05, 0) is 13.1 Å². The van der Waals surface area contributed by atoms with E-state index in [4.69, 9.17) is 9.47 Å². The smallest absolute Gasteiger partial charge is 0.133 e. The van der Waals surface area contributed by atoms with Crippen molar-refractivity contribution >= 4 is 0 Å². The molecule has 3 heteroatoms. The number of likely N-dealkylation sites (N-methyl/N-ethyl adjacent to an activating group) is 1. The van der Waals surface area contributed by atoms with Gasteiger partial charge in [0.2, 0.25) is 0 Å². The van der Waals surface area contributed by atoms with Crippen LogP contribution in [0.1, 0.15) is 13.8 Å². The van der Waals surface area contributed by atoms with Crippen molar-refractivity contribution in [3.8, 4) is 0 Å². The van der Waals surface area contributed by atoms with Gasteiger partial charge in [0.25, 0.3) is 0 Å². The topological polar surface area (TPSA) is 21.7 Å². The molecule has 0 spiro atoms. The summed E-state index contributed by atoms with van der Waals surface area (Å²) in [5.41, 5.74) is 0. The molecular formula is C8H19NO2. The molecule has 0 aromatic carbocycles. The average Bonchev–Trinajstić information content (AvgIpc) is 2.05. The highest BCUT2D eigenvalue weighted by Crippen LogP contribution is 1.99. The number of ether oxygens (including phenoxy) is 2. The third-order valence-corrected chi connectivity index (χ3v) is 1.80. The van der Waals surface area contributed by atoms with Crippen LogP contribution in [0.5, 0.6) is 0 Å². The first-order valence-electron chi connectivity index (χ1n) is 4.05. The van der Waals surface area contributed by atoms with E-state index in [0.29, 0.717) is 6.61 Å². The van der Waals surface area contributed by atoms with Crippen LogP contribution in [0.15, 0.2) is 0 Å². The molecule has 0 amide bonds. The van der Waals surface area contributed by atoms with Crippen LogP contribution in [0.25, 0.3) is 0 Å². The van der Waals surface area contributed by atoms with Crippen LogP contribution in [0, 0.1) is 0 Å². The Hall–Kier alpha value is -0.120. The molecule has 0 N–H and O–H groups in total. The lowest BCUT2D eigenvalue weighted by Crippen LogP contribution is -2.39. The Bertz CT molecular complexity index is 84.2. The Balaban J connectivity index is 3.76. The fourth-order valence-electron chi connectivity index (χ4n) is 1.10. The SMILES string of the molecule is CCN(CC)C(COC)OC. The minimum Gasteiger partial charge on any atom is -0.381 e. The summed E-state index contributed by atoms with van der Waals surface area (Å²) in [5, 5.41) is 0. The zero-order valence-electron chi connectivity index (χ0n) is 7.96. The van der Waals surface area contributed by atoms with Gasteiger partial charge < -0.3 is 9.47 Å². The molecule has 0 saturated carbocycles.